The summed E-state index contributed by atoms with van der Waals surface area (Å²) in [5.41, 5.74) is 1.43. The Morgan fingerprint density at radius 1 is 0.947 bits per heavy atom. The van der Waals surface area contributed by atoms with Crippen molar-refractivity contribution in [1.82, 2.24) is 0 Å². The van der Waals surface area contributed by atoms with Gasteiger partial charge in [0.15, 0.2) is 0 Å². The molecule has 7 fully saturated rings. The van der Waals surface area contributed by atoms with Crippen molar-refractivity contribution in [1.29, 1.82) is 0 Å². The molecule has 2 saturated heterocycles. The fourth-order valence-electron chi connectivity index (χ4n) is 8.15. The molecule has 0 amide bonds. The molecule has 1 nitrogen and oxygen atoms in total. The summed E-state index contributed by atoms with van der Waals surface area (Å²) in [6, 6.07) is 11.0. The zero-order valence-corrected chi connectivity index (χ0v) is 11.3. The third-order valence-electron chi connectivity index (χ3n) is 7.95. The second-order valence-corrected chi connectivity index (χ2v) is 8.37. The van der Waals surface area contributed by atoms with Crippen LogP contribution in [-0.4, -0.2) is 5.06 Å². The predicted octanol–water partition coefficient (Wildman–Crippen LogP) is 3.23. The van der Waals surface area contributed by atoms with Gasteiger partial charge in [0.2, 0.25) is 0 Å². The van der Waals surface area contributed by atoms with Crippen molar-refractivity contribution in [3.8, 4) is 0 Å². The summed E-state index contributed by atoms with van der Waals surface area (Å²) in [4.78, 5) is 0. The Morgan fingerprint density at radius 2 is 1.68 bits per heavy atom. The lowest BCUT2D eigenvalue weighted by Gasteiger charge is -2.46. The first-order valence-electron chi connectivity index (χ1n) is 7.73. The van der Waals surface area contributed by atoms with Crippen LogP contribution in [0.4, 0.5) is 0 Å². The minimum absolute atomic E-state index is 0.00935. The van der Waals surface area contributed by atoms with Crippen LogP contribution in [0.5, 0.6) is 0 Å². The van der Waals surface area contributed by atoms with Crippen LogP contribution in [0.3, 0.4) is 0 Å². The van der Waals surface area contributed by atoms with E-state index in [0.29, 0.717) is 11.8 Å². The average molecular weight is 271 g/mol. The van der Waals surface area contributed by atoms with Crippen LogP contribution < -0.4 is 0 Å². The molecule has 4 bridgehead atoms. The van der Waals surface area contributed by atoms with Gasteiger partial charge in [0.05, 0.1) is 0 Å². The van der Waals surface area contributed by atoms with E-state index in [0.717, 1.165) is 35.5 Å². The van der Waals surface area contributed by atoms with E-state index < -0.39 is 0 Å². The minimum Gasteiger partial charge on any atom is -0.347 e. The van der Waals surface area contributed by atoms with Crippen LogP contribution in [0.25, 0.3) is 0 Å². The molecule has 0 aromatic heterocycles. The molecule has 2 aliphatic heterocycles. The molecule has 10 atom stereocenters. The lowest BCUT2D eigenvalue weighted by atomic mass is 9.56. The van der Waals surface area contributed by atoms with E-state index in [1.165, 1.54) is 12.0 Å². The van der Waals surface area contributed by atoms with Crippen molar-refractivity contribution < 1.29 is 4.74 Å². The number of hydrogen-bond donors (Lipinski definition) is 0. The molecule has 19 heavy (non-hydrogen) atoms. The number of halogens is 1. The highest BCUT2D eigenvalue weighted by Crippen LogP contribution is 2.95. The Morgan fingerprint density at radius 3 is 2.53 bits per heavy atom. The van der Waals surface area contributed by atoms with Gasteiger partial charge in [-0.2, -0.15) is 0 Å². The Balaban J connectivity index is 1.59. The highest BCUT2D eigenvalue weighted by molar-refractivity contribution is 6.24. The maximum Gasteiger partial charge on any atom is 0.149 e. The summed E-state index contributed by atoms with van der Waals surface area (Å²) in [6.07, 6.45) is 1.46. The Labute approximate surface area is 117 Å². The molecule has 0 N–H and O–H groups in total. The van der Waals surface area contributed by atoms with Crippen molar-refractivity contribution in [3.63, 3.8) is 0 Å². The largest absolute Gasteiger partial charge is 0.347 e. The van der Waals surface area contributed by atoms with E-state index in [2.05, 4.69) is 30.3 Å². The Kier molecular flexibility index (Phi) is 1.14. The fraction of sp³-hybridized carbons (Fsp3) is 0.647. The number of ether oxygens (including phenoxy) is 1. The molecular formula is C17H15ClO. The van der Waals surface area contributed by atoms with E-state index in [-0.39, 0.29) is 10.7 Å². The molecule has 5 saturated carbocycles. The second-order valence-electron chi connectivity index (χ2n) is 7.78. The zero-order chi connectivity index (χ0) is 12.1. The number of rotatable bonds is 1. The standard InChI is InChI=1S/C17H15ClO/c18-17-13-9-6-8-10-11(9)15(17)14(10)16(19-17,12(8)13)7-4-2-1-3-5-7/h1-5,8-15H,6H2. The van der Waals surface area contributed by atoms with Crippen LogP contribution in [0.1, 0.15) is 12.0 Å². The van der Waals surface area contributed by atoms with Gasteiger partial charge in [0, 0.05) is 23.7 Å². The molecule has 10 unspecified atom stereocenters. The Bertz CT molecular complexity index is 644. The molecule has 0 radical (unpaired) electrons. The van der Waals surface area contributed by atoms with Gasteiger partial charge < -0.3 is 4.74 Å². The van der Waals surface area contributed by atoms with E-state index in [4.69, 9.17) is 16.3 Å². The SMILES string of the molecule is ClC12OC3(c4ccccc4)C4C5CC(C6C5C3C61)C42. The van der Waals surface area contributed by atoms with Crippen molar-refractivity contribution in [3.05, 3.63) is 35.9 Å². The third kappa shape index (κ3) is 0.600. The van der Waals surface area contributed by atoms with Gasteiger partial charge in [0.25, 0.3) is 0 Å². The van der Waals surface area contributed by atoms with Crippen LogP contribution in [0.2, 0.25) is 0 Å². The molecule has 1 aromatic carbocycles. The highest BCUT2D eigenvalue weighted by Gasteiger charge is 2.97. The number of benzene rings is 1. The van der Waals surface area contributed by atoms with Crippen LogP contribution in [-0.2, 0) is 10.3 Å². The quantitative estimate of drug-likeness (QED) is 0.712. The Hall–Kier alpha value is -0.530. The number of alkyl halides is 1. The molecule has 2 heteroatoms. The van der Waals surface area contributed by atoms with E-state index in [1.54, 1.807) is 0 Å². The molecule has 2 heterocycles. The molecular weight excluding hydrogens is 256 g/mol. The van der Waals surface area contributed by atoms with Gasteiger partial charge in [-0.05, 0) is 35.7 Å². The minimum atomic E-state index is -0.276. The fourth-order valence-corrected chi connectivity index (χ4v) is 8.85. The van der Waals surface area contributed by atoms with Crippen LogP contribution in [0.15, 0.2) is 30.3 Å². The molecule has 8 rings (SSSR count). The topological polar surface area (TPSA) is 9.23 Å². The van der Waals surface area contributed by atoms with Crippen LogP contribution in [0, 0.1) is 47.3 Å². The molecule has 96 valence electrons. The van der Waals surface area contributed by atoms with Gasteiger partial charge in [-0.25, -0.2) is 0 Å². The monoisotopic (exact) mass is 270 g/mol. The lowest BCUT2D eigenvalue weighted by molar-refractivity contribution is -0.0441. The van der Waals surface area contributed by atoms with Gasteiger partial charge >= 0.3 is 0 Å². The molecule has 7 aliphatic rings. The first-order valence-corrected chi connectivity index (χ1v) is 8.11. The molecule has 1 aromatic rings. The second kappa shape index (κ2) is 2.29. The summed E-state index contributed by atoms with van der Waals surface area (Å²) in [5.74, 6) is 6.57. The van der Waals surface area contributed by atoms with Gasteiger partial charge in [-0.15, -0.1) is 0 Å². The normalized spacial score (nSPS) is 71.4. The van der Waals surface area contributed by atoms with Crippen molar-refractivity contribution in [2.75, 3.05) is 0 Å². The first kappa shape index (κ1) is 9.41. The summed E-state index contributed by atoms with van der Waals surface area (Å²) in [5, 5.41) is -0.276. The van der Waals surface area contributed by atoms with E-state index in [1.807, 2.05) is 0 Å². The summed E-state index contributed by atoms with van der Waals surface area (Å²) >= 11 is 7.05. The lowest BCUT2D eigenvalue weighted by Crippen LogP contribution is -2.49. The van der Waals surface area contributed by atoms with Gasteiger partial charge in [-0.1, -0.05) is 41.9 Å². The third-order valence-corrected chi connectivity index (χ3v) is 8.53. The van der Waals surface area contributed by atoms with Crippen molar-refractivity contribution >= 4 is 11.6 Å². The average Bonchev–Trinajstić information content (AvgIpc) is 3.01. The summed E-state index contributed by atoms with van der Waals surface area (Å²) in [7, 11) is 0. The van der Waals surface area contributed by atoms with E-state index in [9.17, 15) is 0 Å². The summed E-state index contributed by atoms with van der Waals surface area (Å²) < 4.78 is 6.69. The molecule has 5 aliphatic carbocycles. The van der Waals surface area contributed by atoms with Gasteiger partial charge in [-0.3, -0.25) is 0 Å². The highest BCUT2D eigenvalue weighted by atomic mass is 35.5. The maximum atomic E-state index is 7.05. The first-order chi connectivity index (χ1) is 9.28. The zero-order valence-electron chi connectivity index (χ0n) is 10.5. The van der Waals surface area contributed by atoms with Crippen LogP contribution >= 0.6 is 11.6 Å². The predicted molar refractivity (Wildman–Crippen MR) is 70.3 cm³/mol. The van der Waals surface area contributed by atoms with Crippen molar-refractivity contribution in [2.45, 2.75) is 17.1 Å². The van der Waals surface area contributed by atoms with E-state index >= 15 is 0 Å². The number of hydrogen-bond acceptors (Lipinski definition) is 1. The van der Waals surface area contributed by atoms with Crippen molar-refractivity contribution in [2.24, 2.45) is 47.3 Å². The summed E-state index contributed by atoms with van der Waals surface area (Å²) in [6.45, 7) is 0. The maximum absolute atomic E-state index is 7.05. The molecule has 0 spiro atoms. The van der Waals surface area contributed by atoms with Gasteiger partial charge in [0.1, 0.15) is 10.7 Å². The smallest absolute Gasteiger partial charge is 0.149 e.